The molecule has 0 spiro atoms. The number of halogens is 1. The summed E-state index contributed by atoms with van der Waals surface area (Å²) in [5.74, 6) is -0.502. The normalized spacial score (nSPS) is 15.0. The van der Waals surface area contributed by atoms with Crippen LogP contribution in [0, 0.1) is 12.7 Å². The molecule has 0 radical (unpaired) electrons. The van der Waals surface area contributed by atoms with Crippen LogP contribution in [-0.2, 0) is 6.54 Å². The second kappa shape index (κ2) is 9.11. The fraction of sp³-hybridized carbons (Fsp3) is 0.269. The molecule has 168 valence electrons. The van der Waals surface area contributed by atoms with E-state index in [0.717, 1.165) is 26.1 Å². The van der Waals surface area contributed by atoms with Gasteiger partial charge in [-0.1, -0.05) is 47.6 Å². The first-order valence-corrected chi connectivity index (χ1v) is 11.2. The van der Waals surface area contributed by atoms with Crippen LogP contribution in [0.2, 0.25) is 0 Å². The third-order valence-corrected chi connectivity index (χ3v) is 6.12. The second-order valence-corrected chi connectivity index (χ2v) is 8.39. The lowest BCUT2D eigenvalue weighted by Gasteiger charge is -2.22. The monoisotopic (exact) mass is 444 g/mol. The zero-order valence-electron chi connectivity index (χ0n) is 18.5. The molecule has 0 N–H and O–H groups in total. The van der Waals surface area contributed by atoms with Crippen molar-refractivity contribution in [1.29, 1.82) is 0 Å². The first-order valence-electron chi connectivity index (χ1n) is 11.2. The first-order chi connectivity index (χ1) is 16.1. The van der Waals surface area contributed by atoms with Gasteiger partial charge in [-0.3, -0.25) is 9.69 Å². The van der Waals surface area contributed by atoms with Crippen molar-refractivity contribution in [2.75, 3.05) is 26.2 Å². The van der Waals surface area contributed by atoms with E-state index >= 15 is 0 Å². The number of hydrogen-bond donors (Lipinski definition) is 0. The second-order valence-electron chi connectivity index (χ2n) is 8.39. The number of carbonyl (C=O) groups excluding carboxylic acids is 1. The van der Waals surface area contributed by atoms with E-state index in [1.165, 1.54) is 11.6 Å². The van der Waals surface area contributed by atoms with Gasteiger partial charge in [-0.15, -0.1) is 0 Å². The summed E-state index contributed by atoms with van der Waals surface area (Å²) in [6.07, 6.45) is 0.885. The van der Waals surface area contributed by atoms with Gasteiger partial charge in [0.05, 0.1) is 22.3 Å². The van der Waals surface area contributed by atoms with Gasteiger partial charge in [-0.2, -0.15) is 0 Å². The fourth-order valence-electron chi connectivity index (χ4n) is 4.41. The van der Waals surface area contributed by atoms with E-state index in [-0.39, 0.29) is 11.6 Å². The van der Waals surface area contributed by atoms with Crippen LogP contribution in [0.1, 0.15) is 28.0 Å². The Labute approximate surface area is 191 Å². The topological polar surface area (TPSA) is 62.5 Å². The minimum atomic E-state index is -0.398. The summed E-state index contributed by atoms with van der Waals surface area (Å²) in [7, 11) is 0. The molecule has 0 aliphatic carbocycles. The van der Waals surface area contributed by atoms with E-state index < -0.39 is 5.82 Å². The van der Waals surface area contributed by atoms with Crippen molar-refractivity contribution >= 4 is 17.0 Å². The van der Waals surface area contributed by atoms with Gasteiger partial charge in [-0.25, -0.2) is 9.37 Å². The molecule has 6 nitrogen and oxygen atoms in total. The van der Waals surface area contributed by atoms with E-state index in [4.69, 9.17) is 4.52 Å². The minimum Gasteiger partial charge on any atom is -0.337 e. The molecule has 1 aliphatic rings. The maximum atomic E-state index is 14.5. The summed E-state index contributed by atoms with van der Waals surface area (Å²) < 4.78 is 19.8. The number of amides is 1. The number of fused-ring (bicyclic) bond motifs is 1. The number of carbonyl (C=O) groups is 1. The van der Waals surface area contributed by atoms with Gasteiger partial charge in [-0.05, 0) is 37.1 Å². The fourth-order valence-corrected chi connectivity index (χ4v) is 4.41. The average Bonchev–Trinajstić information content (AvgIpc) is 3.05. The van der Waals surface area contributed by atoms with Crippen LogP contribution >= 0.6 is 0 Å². The summed E-state index contributed by atoms with van der Waals surface area (Å²) in [4.78, 5) is 22.4. The van der Waals surface area contributed by atoms with E-state index in [0.29, 0.717) is 41.0 Å². The van der Waals surface area contributed by atoms with Crippen molar-refractivity contribution in [3.05, 3.63) is 83.3 Å². The largest absolute Gasteiger partial charge is 0.337 e. The predicted molar refractivity (Wildman–Crippen MR) is 124 cm³/mol. The molecule has 0 saturated carbocycles. The highest BCUT2D eigenvalue weighted by Crippen LogP contribution is 2.29. The molecule has 0 unspecified atom stereocenters. The zero-order chi connectivity index (χ0) is 22.8. The van der Waals surface area contributed by atoms with Crippen molar-refractivity contribution in [3.63, 3.8) is 0 Å². The van der Waals surface area contributed by atoms with Crippen molar-refractivity contribution < 1.29 is 13.7 Å². The van der Waals surface area contributed by atoms with E-state index in [2.05, 4.69) is 27.2 Å². The molecule has 33 heavy (non-hydrogen) atoms. The van der Waals surface area contributed by atoms with Gasteiger partial charge in [0.1, 0.15) is 5.82 Å². The quantitative estimate of drug-likeness (QED) is 0.457. The Morgan fingerprint density at radius 2 is 1.82 bits per heavy atom. The number of aromatic nitrogens is 2. The number of rotatable bonds is 4. The molecule has 2 aromatic heterocycles. The summed E-state index contributed by atoms with van der Waals surface area (Å²) in [6.45, 7) is 5.65. The van der Waals surface area contributed by atoms with Crippen LogP contribution in [0.4, 0.5) is 4.39 Å². The summed E-state index contributed by atoms with van der Waals surface area (Å²) in [5.41, 5.74) is 3.25. The van der Waals surface area contributed by atoms with Gasteiger partial charge in [0, 0.05) is 38.3 Å². The molecular formula is C26H25FN4O2. The molecule has 1 aliphatic heterocycles. The Kier molecular flexibility index (Phi) is 5.88. The highest BCUT2D eigenvalue weighted by molar-refractivity contribution is 6.07. The van der Waals surface area contributed by atoms with Crippen molar-refractivity contribution in [2.24, 2.45) is 0 Å². The zero-order valence-corrected chi connectivity index (χ0v) is 18.5. The Hall–Kier alpha value is -3.58. The van der Waals surface area contributed by atoms with E-state index in [9.17, 15) is 9.18 Å². The van der Waals surface area contributed by atoms with Crippen LogP contribution in [0.25, 0.3) is 22.4 Å². The molecule has 0 bridgehead atoms. The van der Waals surface area contributed by atoms with Gasteiger partial charge in [0.25, 0.3) is 11.6 Å². The molecule has 0 atom stereocenters. The van der Waals surface area contributed by atoms with Gasteiger partial charge >= 0.3 is 0 Å². The SMILES string of the molecule is Cc1noc2nc(-c3ccccc3F)cc(C(=O)N3CCCN(Cc4ccccc4)CC3)c12. The number of pyridine rings is 1. The minimum absolute atomic E-state index is 0.104. The van der Waals surface area contributed by atoms with Gasteiger partial charge < -0.3 is 9.42 Å². The molecule has 1 fully saturated rings. The maximum absolute atomic E-state index is 14.5. The number of nitrogens with zero attached hydrogens (tertiary/aromatic N) is 4. The smallest absolute Gasteiger partial charge is 0.259 e. The van der Waals surface area contributed by atoms with Crippen LogP contribution in [0.15, 0.2) is 65.2 Å². The Balaban J connectivity index is 1.43. The van der Waals surface area contributed by atoms with Gasteiger partial charge in [0.2, 0.25) is 0 Å². The van der Waals surface area contributed by atoms with Crippen LogP contribution in [-0.4, -0.2) is 52.0 Å². The lowest BCUT2D eigenvalue weighted by atomic mass is 10.0. The molecule has 2 aromatic carbocycles. The van der Waals surface area contributed by atoms with Crippen LogP contribution in [0.3, 0.4) is 0 Å². The number of aryl methyl sites for hydroxylation is 1. The molecule has 4 aromatic rings. The molecule has 1 saturated heterocycles. The third kappa shape index (κ3) is 4.36. The Bertz CT molecular complexity index is 1290. The Morgan fingerprint density at radius 3 is 2.64 bits per heavy atom. The maximum Gasteiger partial charge on any atom is 0.259 e. The van der Waals surface area contributed by atoms with Crippen molar-refractivity contribution in [2.45, 2.75) is 19.9 Å². The van der Waals surface area contributed by atoms with Crippen LogP contribution < -0.4 is 0 Å². The standard InChI is InChI=1S/C26H25FN4O2/c1-18-24-21(16-23(28-25(24)33-29-18)20-10-5-6-11-22(20)27)26(32)31-13-7-12-30(14-15-31)17-19-8-3-2-4-9-19/h2-6,8-11,16H,7,12-15,17H2,1H3. The molecule has 5 rings (SSSR count). The van der Waals surface area contributed by atoms with E-state index in [1.807, 2.05) is 23.1 Å². The third-order valence-electron chi connectivity index (χ3n) is 6.12. The summed E-state index contributed by atoms with van der Waals surface area (Å²) in [5, 5.41) is 4.60. The summed E-state index contributed by atoms with van der Waals surface area (Å²) >= 11 is 0. The van der Waals surface area contributed by atoms with Gasteiger partial charge in [0.15, 0.2) is 0 Å². The van der Waals surface area contributed by atoms with Crippen molar-refractivity contribution in [3.8, 4) is 11.3 Å². The highest BCUT2D eigenvalue weighted by Gasteiger charge is 2.26. The van der Waals surface area contributed by atoms with Crippen molar-refractivity contribution in [1.82, 2.24) is 19.9 Å². The molecule has 1 amide bonds. The lowest BCUT2D eigenvalue weighted by Crippen LogP contribution is -2.35. The average molecular weight is 445 g/mol. The Morgan fingerprint density at radius 1 is 1.03 bits per heavy atom. The number of benzene rings is 2. The summed E-state index contributed by atoms with van der Waals surface area (Å²) in [6, 6.07) is 18.4. The first kappa shape index (κ1) is 21.3. The highest BCUT2D eigenvalue weighted by atomic mass is 19.1. The molecular weight excluding hydrogens is 419 g/mol. The van der Waals surface area contributed by atoms with Crippen LogP contribution in [0.5, 0.6) is 0 Å². The van der Waals surface area contributed by atoms with E-state index in [1.54, 1.807) is 31.2 Å². The predicted octanol–water partition coefficient (Wildman–Crippen LogP) is 4.69. The molecule has 3 heterocycles. The lowest BCUT2D eigenvalue weighted by molar-refractivity contribution is 0.0763. The molecule has 7 heteroatoms. The number of hydrogen-bond acceptors (Lipinski definition) is 5.